The van der Waals surface area contributed by atoms with Crippen LogP contribution in [0.3, 0.4) is 0 Å². The lowest BCUT2D eigenvalue weighted by Gasteiger charge is -2.05. The molecular formula is C12H9IO6. The summed E-state index contributed by atoms with van der Waals surface area (Å²) >= 11 is 2.01. The number of aliphatic carboxylic acids is 2. The lowest BCUT2D eigenvalue weighted by atomic mass is 10.1. The molecule has 6 nitrogen and oxygen atoms in total. The number of rotatable bonds is 4. The van der Waals surface area contributed by atoms with Gasteiger partial charge < -0.3 is 19.7 Å². The monoisotopic (exact) mass is 376 g/mol. The fraction of sp³-hybridized carbons (Fsp3) is 0.167. The van der Waals surface area contributed by atoms with E-state index in [2.05, 4.69) is 0 Å². The molecule has 1 heterocycles. The molecule has 2 N–H and O–H groups in total. The van der Waals surface area contributed by atoms with Gasteiger partial charge in [0.1, 0.15) is 0 Å². The van der Waals surface area contributed by atoms with Crippen molar-refractivity contribution >= 4 is 40.6 Å². The van der Waals surface area contributed by atoms with E-state index < -0.39 is 18.4 Å². The molecule has 0 bridgehead atoms. The van der Waals surface area contributed by atoms with E-state index in [0.29, 0.717) is 20.6 Å². The third kappa shape index (κ3) is 2.98. The van der Waals surface area contributed by atoms with Crippen molar-refractivity contribution in [1.82, 2.24) is 0 Å². The Morgan fingerprint density at radius 3 is 2.68 bits per heavy atom. The zero-order chi connectivity index (χ0) is 14.0. The van der Waals surface area contributed by atoms with Crippen molar-refractivity contribution in [2.75, 3.05) is 6.79 Å². The van der Waals surface area contributed by atoms with Crippen LogP contribution in [-0.2, 0) is 9.59 Å². The van der Waals surface area contributed by atoms with Gasteiger partial charge in [-0.3, -0.25) is 4.79 Å². The van der Waals surface area contributed by atoms with E-state index in [1.54, 1.807) is 12.1 Å². The highest BCUT2D eigenvalue weighted by atomic mass is 127. The van der Waals surface area contributed by atoms with Crippen molar-refractivity contribution in [1.29, 1.82) is 0 Å². The first kappa shape index (κ1) is 13.7. The van der Waals surface area contributed by atoms with E-state index in [1.807, 2.05) is 22.6 Å². The van der Waals surface area contributed by atoms with Gasteiger partial charge in [-0.25, -0.2) is 4.79 Å². The van der Waals surface area contributed by atoms with Crippen LogP contribution in [0.5, 0.6) is 11.5 Å². The third-order valence-corrected chi connectivity index (χ3v) is 3.57. The van der Waals surface area contributed by atoms with Crippen LogP contribution >= 0.6 is 22.6 Å². The summed E-state index contributed by atoms with van der Waals surface area (Å²) in [5.41, 5.74) is 0.396. The molecule has 7 heteroatoms. The SMILES string of the molecule is O=C(O)CC(=Cc1ccc2c(c1I)OCO2)C(=O)O. The van der Waals surface area contributed by atoms with Crippen molar-refractivity contribution in [3.63, 3.8) is 0 Å². The van der Waals surface area contributed by atoms with Crippen LogP contribution < -0.4 is 9.47 Å². The van der Waals surface area contributed by atoms with Crippen LogP contribution in [0, 0.1) is 3.57 Å². The maximum absolute atomic E-state index is 11.0. The van der Waals surface area contributed by atoms with Crippen LogP contribution in [0.15, 0.2) is 17.7 Å². The molecule has 1 aromatic rings. The molecule has 0 fully saturated rings. The van der Waals surface area contributed by atoms with Crippen molar-refractivity contribution in [2.45, 2.75) is 6.42 Å². The molecule has 2 rings (SSSR count). The zero-order valence-electron chi connectivity index (χ0n) is 9.55. The number of carboxylic acids is 2. The summed E-state index contributed by atoms with van der Waals surface area (Å²) in [6.07, 6.45) is 0.792. The topological polar surface area (TPSA) is 93.1 Å². The lowest BCUT2D eigenvalue weighted by molar-refractivity contribution is -0.139. The largest absolute Gasteiger partial charge is 0.481 e. The molecule has 0 aromatic heterocycles. The average molecular weight is 376 g/mol. The van der Waals surface area contributed by atoms with Gasteiger partial charge in [-0.1, -0.05) is 0 Å². The maximum atomic E-state index is 11.0. The minimum Gasteiger partial charge on any atom is -0.481 e. The molecule has 0 atom stereocenters. The highest BCUT2D eigenvalue weighted by molar-refractivity contribution is 14.1. The number of hydrogen-bond donors (Lipinski definition) is 2. The number of fused-ring (bicyclic) bond motifs is 1. The summed E-state index contributed by atoms with van der Waals surface area (Å²) in [5.74, 6) is -1.30. The number of ether oxygens (including phenoxy) is 2. The molecule has 0 saturated heterocycles. The molecule has 19 heavy (non-hydrogen) atoms. The van der Waals surface area contributed by atoms with E-state index in [1.165, 1.54) is 6.08 Å². The predicted molar refractivity (Wildman–Crippen MR) is 73.1 cm³/mol. The summed E-state index contributed by atoms with van der Waals surface area (Å²) in [4.78, 5) is 21.6. The highest BCUT2D eigenvalue weighted by Gasteiger charge is 2.20. The van der Waals surface area contributed by atoms with Crippen molar-refractivity contribution < 1.29 is 29.3 Å². The predicted octanol–water partition coefficient (Wildman–Crippen LogP) is 1.96. The fourth-order valence-electron chi connectivity index (χ4n) is 1.60. The van der Waals surface area contributed by atoms with Crippen LogP contribution in [0.25, 0.3) is 6.08 Å². The highest BCUT2D eigenvalue weighted by Crippen LogP contribution is 2.38. The van der Waals surface area contributed by atoms with Gasteiger partial charge in [0, 0.05) is 5.57 Å². The molecule has 0 unspecified atom stereocenters. The Labute approximate surface area is 121 Å². The zero-order valence-corrected chi connectivity index (χ0v) is 11.7. The second-order valence-electron chi connectivity index (χ2n) is 3.75. The first-order valence-electron chi connectivity index (χ1n) is 5.23. The van der Waals surface area contributed by atoms with Crippen LogP contribution in [0.1, 0.15) is 12.0 Å². The van der Waals surface area contributed by atoms with Gasteiger partial charge >= 0.3 is 11.9 Å². The average Bonchev–Trinajstić information content (AvgIpc) is 2.79. The molecule has 0 spiro atoms. The summed E-state index contributed by atoms with van der Waals surface area (Å²) in [6.45, 7) is 0.124. The molecular weight excluding hydrogens is 367 g/mol. The van der Waals surface area contributed by atoms with Crippen molar-refractivity contribution in [3.8, 4) is 11.5 Å². The normalized spacial score (nSPS) is 13.4. The summed E-state index contributed by atoms with van der Waals surface area (Å²) in [7, 11) is 0. The molecule has 0 radical (unpaired) electrons. The fourth-order valence-corrected chi connectivity index (χ4v) is 2.36. The Kier molecular flexibility index (Phi) is 3.93. The first-order chi connectivity index (χ1) is 8.99. The molecule has 1 aromatic carbocycles. The minimum atomic E-state index is -1.25. The quantitative estimate of drug-likeness (QED) is 0.617. The summed E-state index contributed by atoms with van der Waals surface area (Å²) in [6, 6.07) is 3.33. The smallest absolute Gasteiger partial charge is 0.332 e. The van der Waals surface area contributed by atoms with Crippen molar-refractivity contribution in [2.24, 2.45) is 0 Å². The van der Waals surface area contributed by atoms with Crippen LogP contribution in [0.2, 0.25) is 0 Å². The van der Waals surface area contributed by atoms with Crippen molar-refractivity contribution in [3.05, 3.63) is 26.8 Å². The number of carboxylic acid groups (broad SMARTS) is 2. The summed E-state index contributed by atoms with van der Waals surface area (Å²) < 4.78 is 11.2. The van der Waals surface area contributed by atoms with E-state index in [0.717, 1.165) is 0 Å². The van der Waals surface area contributed by atoms with Gasteiger partial charge in [-0.15, -0.1) is 0 Å². The minimum absolute atomic E-state index is 0.124. The third-order valence-electron chi connectivity index (χ3n) is 2.45. The van der Waals surface area contributed by atoms with E-state index >= 15 is 0 Å². The molecule has 100 valence electrons. The Hall–Kier alpha value is -1.77. The molecule has 1 aliphatic heterocycles. The van der Waals surface area contributed by atoms with Gasteiger partial charge in [0.05, 0.1) is 9.99 Å². The Bertz CT molecular complexity index is 578. The van der Waals surface area contributed by atoms with E-state index in [9.17, 15) is 9.59 Å². The van der Waals surface area contributed by atoms with E-state index in [4.69, 9.17) is 19.7 Å². The maximum Gasteiger partial charge on any atom is 0.332 e. The molecule has 0 saturated carbocycles. The molecule has 0 amide bonds. The standard InChI is InChI=1S/C12H9IO6/c13-10-6(1-2-8-11(10)19-5-18-8)3-7(12(16)17)4-9(14)15/h1-3H,4-5H2,(H,14,15)(H,16,17). The summed E-state index contributed by atoms with van der Waals surface area (Å²) in [5, 5.41) is 17.7. The van der Waals surface area contributed by atoms with Gasteiger partial charge in [0.15, 0.2) is 11.5 Å². The van der Waals surface area contributed by atoms with Crippen LogP contribution in [0.4, 0.5) is 0 Å². The number of carbonyl (C=O) groups is 2. The van der Waals surface area contributed by atoms with Gasteiger partial charge in [0.25, 0.3) is 0 Å². The Morgan fingerprint density at radius 2 is 2.05 bits per heavy atom. The van der Waals surface area contributed by atoms with Gasteiger partial charge in [0.2, 0.25) is 6.79 Å². The number of benzene rings is 1. The van der Waals surface area contributed by atoms with Gasteiger partial charge in [-0.05, 0) is 46.4 Å². The Morgan fingerprint density at radius 1 is 1.32 bits per heavy atom. The van der Waals surface area contributed by atoms with E-state index in [-0.39, 0.29) is 12.4 Å². The van der Waals surface area contributed by atoms with Gasteiger partial charge in [-0.2, -0.15) is 0 Å². The lowest BCUT2D eigenvalue weighted by Crippen LogP contribution is -2.06. The number of halogens is 1. The first-order valence-corrected chi connectivity index (χ1v) is 6.30. The van der Waals surface area contributed by atoms with Crippen LogP contribution in [-0.4, -0.2) is 28.9 Å². The second kappa shape index (κ2) is 5.47. The molecule has 0 aliphatic carbocycles. The Balaban J connectivity index is 2.41. The number of hydrogen-bond acceptors (Lipinski definition) is 4. The molecule has 1 aliphatic rings. The second-order valence-corrected chi connectivity index (χ2v) is 4.83.